The van der Waals surface area contributed by atoms with Gasteiger partial charge in [0, 0.05) is 18.7 Å². The Bertz CT molecular complexity index is 834. The van der Waals surface area contributed by atoms with E-state index in [-0.39, 0.29) is 11.8 Å². The number of carbonyl (C=O) groups excluding carboxylic acids is 2. The summed E-state index contributed by atoms with van der Waals surface area (Å²) in [5.74, 6) is 0.0553. The van der Waals surface area contributed by atoms with E-state index in [1.54, 1.807) is 47.4 Å². The molecular weight excluding hydrogens is 368 g/mol. The van der Waals surface area contributed by atoms with Crippen LogP contribution in [0.15, 0.2) is 42.5 Å². The number of amides is 2. The highest BCUT2D eigenvalue weighted by molar-refractivity contribution is 6.32. The average molecular weight is 389 g/mol. The van der Waals surface area contributed by atoms with Gasteiger partial charge in [-0.05, 0) is 37.3 Å². The Balaban J connectivity index is 1.78. The second-order valence-corrected chi connectivity index (χ2v) is 6.39. The van der Waals surface area contributed by atoms with Crippen molar-refractivity contribution in [1.82, 2.24) is 4.90 Å². The summed E-state index contributed by atoms with van der Waals surface area (Å²) in [4.78, 5) is 27.1. The van der Waals surface area contributed by atoms with Crippen LogP contribution in [0, 0.1) is 0 Å². The van der Waals surface area contributed by atoms with Gasteiger partial charge >= 0.3 is 0 Å². The molecule has 0 saturated carbocycles. The van der Waals surface area contributed by atoms with Crippen LogP contribution in [0.4, 0.5) is 5.69 Å². The van der Waals surface area contributed by atoms with Crippen LogP contribution in [-0.2, 0) is 4.74 Å². The zero-order valence-corrected chi connectivity index (χ0v) is 15.8. The molecule has 1 heterocycles. The van der Waals surface area contributed by atoms with Gasteiger partial charge in [-0.25, -0.2) is 0 Å². The summed E-state index contributed by atoms with van der Waals surface area (Å²) in [6, 6.07) is 11.8. The van der Waals surface area contributed by atoms with Crippen molar-refractivity contribution in [2.24, 2.45) is 0 Å². The van der Waals surface area contributed by atoms with Gasteiger partial charge in [0.25, 0.3) is 11.8 Å². The van der Waals surface area contributed by atoms with E-state index in [1.165, 1.54) is 0 Å². The van der Waals surface area contributed by atoms with E-state index in [1.807, 2.05) is 6.92 Å². The molecule has 6 nitrogen and oxygen atoms in total. The molecule has 2 aromatic rings. The summed E-state index contributed by atoms with van der Waals surface area (Å²) >= 11 is 6.16. The normalized spacial score (nSPS) is 13.9. The van der Waals surface area contributed by atoms with Crippen LogP contribution in [0.1, 0.15) is 27.6 Å². The van der Waals surface area contributed by atoms with Crippen LogP contribution in [0.3, 0.4) is 0 Å². The smallest absolute Gasteiger partial charge is 0.256 e. The van der Waals surface area contributed by atoms with Crippen molar-refractivity contribution in [2.45, 2.75) is 6.92 Å². The first kappa shape index (κ1) is 19.2. The Morgan fingerprint density at radius 2 is 1.93 bits per heavy atom. The molecule has 7 heteroatoms. The van der Waals surface area contributed by atoms with Gasteiger partial charge in [0.05, 0.1) is 36.1 Å². The zero-order valence-electron chi connectivity index (χ0n) is 15.0. The van der Waals surface area contributed by atoms with E-state index < -0.39 is 0 Å². The van der Waals surface area contributed by atoms with Crippen molar-refractivity contribution >= 4 is 29.1 Å². The van der Waals surface area contributed by atoms with Crippen molar-refractivity contribution in [3.8, 4) is 5.75 Å². The lowest BCUT2D eigenvalue weighted by atomic mass is 10.1. The third-order valence-corrected chi connectivity index (χ3v) is 4.49. The van der Waals surface area contributed by atoms with Gasteiger partial charge in [-0.3, -0.25) is 9.59 Å². The fraction of sp³-hybridized carbons (Fsp3) is 0.300. The summed E-state index contributed by atoms with van der Waals surface area (Å²) in [6.07, 6.45) is 0. The molecule has 27 heavy (non-hydrogen) atoms. The highest BCUT2D eigenvalue weighted by Gasteiger charge is 2.22. The van der Waals surface area contributed by atoms with Crippen LogP contribution in [0.2, 0.25) is 5.02 Å². The minimum atomic E-state index is -0.345. The standard InChI is InChI=1S/C20H21ClN2O4/c1-2-27-18-8-7-14(13-16(18)21)19(24)22-17-6-4-3-5-15(17)20(25)23-9-11-26-12-10-23/h3-8,13H,2,9-12H2,1H3,(H,22,24). The zero-order chi connectivity index (χ0) is 19.2. The second kappa shape index (κ2) is 8.88. The Morgan fingerprint density at radius 3 is 2.63 bits per heavy atom. The average Bonchev–Trinajstić information content (AvgIpc) is 2.70. The third-order valence-electron chi connectivity index (χ3n) is 4.20. The maximum absolute atomic E-state index is 12.8. The first-order valence-corrected chi connectivity index (χ1v) is 9.17. The number of benzene rings is 2. The lowest BCUT2D eigenvalue weighted by Crippen LogP contribution is -2.41. The molecule has 142 valence electrons. The summed E-state index contributed by atoms with van der Waals surface area (Å²) in [5, 5.41) is 3.17. The quantitative estimate of drug-likeness (QED) is 0.851. The van der Waals surface area contributed by atoms with Crippen LogP contribution in [0.5, 0.6) is 5.75 Å². The number of nitrogens with one attached hydrogen (secondary N) is 1. The molecular formula is C20H21ClN2O4. The fourth-order valence-corrected chi connectivity index (χ4v) is 3.06. The van der Waals surface area contributed by atoms with E-state index in [0.29, 0.717) is 60.5 Å². The molecule has 0 atom stereocenters. The third kappa shape index (κ3) is 4.59. The van der Waals surface area contributed by atoms with Crippen molar-refractivity contribution in [3.63, 3.8) is 0 Å². The Hall–Kier alpha value is -2.57. The minimum absolute atomic E-state index is 0.126. The highest BCUT2D eigenvalue weighted by Crippen LogP contribution is 2.26. The number of para-hydroxylation sites is 1. The molecule has 0 spiro atoms. The number of carbonyl (C=O) groups is 2. The maximum atomic E-state index is 12.8. The summed E-state index contributed by atoms with van der Waals surface area (Å²) in [5.41, 5.74) is 1.30. The van der Waals surface area contributed by atoms with E-state index in [4.69, 9.17) is 21.1 Å². The number of ether oxygens (including phenoxy) is 2. The van der Waals surface area contributed by atoms with E-state index in [2.05, 4.69) is 5.32 Å². The van der Waals surface area contributed by atoms with Gasteiger partial charge in [-0.15, -0.1) is 0 Å². The number of morpholine rings is 1. The van der Waals surface area contributed by atoms with Crippen molar-refractivity contribution < 1.29 is 19.1 Å². The molecule has 3 rings (SSSR count). The molecule has 1 aliphatic heterocycles. The number of nitrogens with zero attached hydrogens (tertiary/aromatic N) is 1. The van der Waals surface area contributed by atoms with Gasteiger partial charge in [-0.1, -0.05) is 23.7 Å². The number of anilines is 1. The molecule has 1 fully saturated rings. The van der Waals surface area contributed by atoms with Crippen molar-refractivity contribution in [3.05, 3.63) is 58.6 Å². The molecule has 0 bridgehead atoms. The van der Waals surface area contributed by atoms with Crippen molar-refractivity contribution in [1.29, 1.82) is 0 Å². The van der Waals surface area contributed by atoms with Crippen LogP contribution in [0.25, 0.3) is 0 Å². The first-order chi connectivity index (χ1) is 13.1. The molecule has 0 radical (unpaired) electrons. The molecule has 0 aliphatic carbocycles. The Labute approximate surface area is 163 Å². The predicted molar refractivity (Wildman–Crippen MR) is 104 cm³/mol. The molecule has 0 aromatic heterocycles. The highest BCUT2D eigenvalue weighted by atomic mass is 35.5. The Kier molecular flexibility index (Phi) is 6.32. The molecule has 0 unspecified atom stereocenters. The van der Waals surface area contributed by atoms with Crippen LogP contribution in [-0.4, -0.2) is 49.6 Å². The van der Waals surface area contributed by atoms with Crippen LogP contribution < -0.4 is 10.1 Å². The fourth-order valence-electron chi connectivity index (χ4n) is 2.82. The van der Waals surface area contributed by atoms with E-state index in [0.717, 1.165) is 0 Å². The monoisotopic (exact) mass is 388 g/mol. The van der Waals surface area contributed by atoms with Gasteiger partial charge in [-0.2, -0.15) is 0 Å². The number of hydrogen-bond donors (Lipinski definition) is 1. The molecule has 2 aromatic carbocycles. The lowest BCUT2D eigenvalue weighted by molar-refractivity contribution is 0.0303. The van der Waals surface area contributed by atoms with Gasteiger partial charge in [0.2, 0.25) is 0 Å². The summed E-state index contributed by atoms with van der Waals surface area (Å²) in [6.45, 7) is 4.46. The summed E-state index contributed by atoms with van der Waals surface area (Å²) in [7, 11) is 0. The van der Waals surface area contributed by atoms with E-state index in [9.17, 15) is 9.59 Å². The molecule has 2 amide bonds. The molecule has 1 N–H and O–H groups in total. The van der Waals surface area contributed by atoms with Gasteiger partial charge in [0.1, 0.15) is 5.75 Å². The number of halogens is 1. The first-order valence-electron chi connectivity index (χ1n) is 8.80. The predicted octanol–water partition coefficient (Wildman–Crippen LogP) is 3.46. The molecule has 1 saturated heterocycles. The Morgan fingerprint density at radius 1 is 1.19 bits per heavy atom. The SMILES string of the molecule is CCOc1ccc(C(=O)Nc2ccccc2C(=O)N2CCOCC2)cc1Cl. The van der Waals surface area contributed by atoms with Crippen LogP contribution >= 0.6 is 11.6 Å². The second-order valence-electron chi connectivity index (χ2n) is 5.98. The lowest BCUT2D eigenvalue weighted by Gasteiger charge is -2.27. The summed E-state index contributed by atoms with van der Waals surface area (Å²) < 4.78 is 10.7. The number of hydrogen-bond acceptors (Lipinski definition) is 4. The van der Waals surface area contributed by atoms with Gasteiger partial charge in [0.15, 0.2) is 0 Å². The minimum Gasteiger partial charge on any atom is -0.492 e. The van der Waals surface area contributed by atoms with E-state index >= 15 is 0 Å². The van der Waals surface area contributed by atoms with Crippen molar-refractivity contribution in [2.75, 3.05) is 38.2 Å². The van der Waals surface area contributed by atoms with Gasteiger partial charge < -0.3 is 19.7 Å². The maximum Gasteiger partial charge on any atom is 0.256 e. The molecule has 1 aliphatic rings. The topological polar surface area (TPSA) is 67.9 Å². The number of rotatable bonds is 5. The largest absolute Gasteiger partial charge is 0.492 e.